The zero-order chi connectivity index (χ0) is 21.7. The van der Waals surface area contributed by atoms with Crippen LogP contribution in [0.4, 0.5) is 5.69 Å². The van der Waals surface area contributed by atoms with Gasteiger partial charge < -0.3 is 14.8 Å². The Morgan fingerprint density at radius 3 is 2.43 bits per heavy atom. The molecule has 7 nitrogen and oxygen atoms in total. The average Bonchev–Trinajstić information content (AvgIpc) is 2.75. The number of hydrogen-bond donors (Lipinski definition) is 1. The van der Waals surface area contributed by atoms with E-state index in [2.05, 4.69) is 5.32 Å². The van der Waals surface area contributed by atoms with Crippen molar-refractivity contribution >= 4 is 33.2 Å². The van der Waals surface area contributed by atoms with Crippen LogP contribution in [0, 0.1) is 5.92 Å². The summed E-state index contributed by atoms with van der Waals surface area (Å²) >= 11 is 6.02. The first-order chi connectivity index (χ1) is 14.3. The van der Waals surface area contributed by atoms with Crippen LogP contribution in [0.25, 0.3) is 0 Å². The van der Waals surface area contributed by atoms with E-state index < -0.39 is 10.0 Å². The Morgan fingerprint density at radius 1 is 1.17 bits per heavy atom. The van der Waals surface area contributed by atoms with E-state index in [1.807, 2.05) is 0 Å². The number of nitrogens with one attached hydrogen (secondary N) is 1. The van der Waals surface area contributed by atoms with Gasteiger partial charge in [-0.25, -0.2) is 8.42 Å². The van der Waals surface area contributed by atoms with Crippen LogP contribution in [0.2, 0.25) is 5.02 Å². The van der Waals surface area contributed by atoms with Crippen molar-refractivity contribution in [1.82, 2.24) is 4.31 Å². The molecule has 1 saturated heterocycles. The van der Waals surface area contributed by atoms with Gasteiger partial charge in [-0.05, 0) is 62.2 Å². The van der Waals surface area contributed by atoms with Crippen LogP contribution in [-0.2, 0) is 14.8 Å². The first kappa shape index (κ1) is 22.4. The van der Waals surface area contributed by atoms with E-state index in [-0.39, 0.29) is 35.6 Å². The molecule has 1 aliphatic heterocycles. The molecule has 3 rings (SSSR count). The van der Waals surface area contributed by atoms with Crippen molar-refractivity contribution < 1.29 is 22.7 Å². The minimum atomic E-state index is -3.77. The van der Waals surface area contributed by atoms with Gasteiger partial charge in [0.1, 0.15) is 16.4 Å². The number of anilines is 1. The van der Waals surface area contributed by atoms with Crippen LogP contribution in [0.3, 0.4) is 0 Å². The number of amides is 1. The molecule has 1 heterocycles. The maximum atomic E-state index is 13.1. The summed E-state index contributed by atoms with van der Waals surface area (Å²) < 4.78 is 38.2. The number of methoxy groups -OCH3 is 1. The second kappa shape index (κ2) is 9.68. The molecule has 0 unspecified atom stereocenters. The highest BCUT2D eigenvalue weighted by molar-refractivity contribution is 7.89. The lowest BCUT2D eigenvalue weighted by molar-refractivity contribution is -0.120. The largest absolute Gasteiger partial charge is 0.497 e. The number of nitrogens with zero attached hydrogens (tertiary/aromatic N) is 1. The summed E-state index contributed by atoms with van der Waals surface area (Å²) in [5, 5.41) is 3.21. The molecule has 0 bridgehead atoms. The summed E-state index contributed by atoms with van der Waals surface area (Å²) in [4.78, 5) is 12.6. The third-order valence-electron chi connectivity index (χ3n) is 5.01. The molecule has 2 aromatic carbocycles. The Bertz CT molecular complexity index is 987. The van der Waals surface area contributed by atoms with Gasteiger partial charge in [-0.15, -0.1) is 0 Å². The van der Waals surface area contributed by atoms with Crippen molar-refractivity contribution in [2.75, 3.05) is 32.1 Å². The quantitative estimate of drug-likeness (QED) is 0.690. The highest BCUT2D eigenvalue weighted by Crippen LogP contribution is 2.32. The van der Waals surface area contributed by atoms with Crippen molar-refractivity contribution in [3.63, 3.8) is 0 Å². The van der Waals surface area contributed by atoms with Gasteiger partial charge in [0.25, 0.3) is 0 Å². The van der Waals surface area contributed by atoms with Crippen LogP contribution in [0.1, 0.15) is 19.8 Å². The van der Waals surface area contributed by atoms with E-state index in [4.69, 9.17) is 21.1 Å². The van der Waals surface area contributed by atoms with Crippen LogP contribution in [-0.4, -0.2) is 45.4 Å². The molecule has 0 aromatic heterocycles. The number of carbonyl (C=O) groups is 1. The Balaban J connectivity index is 1.65. The van der Waals surface area contributed by atoms with Crippen molar-refractivity contribution in [1.29, 1.82) is 0 Å². The molecular weight excluding hydrogens is 428 g/mol. The third kappa shape index (κ3) is 5.06. The van der Waals surface area contributed by atoms with Crippen molar-refractivity contribution in [3.8, 4) is 11.5 Å². The van der Waals surface area contributed by atoms with Gasteiger partial charge in [0.05, 0.1) is 13.7 Å². The first-order valence-electron chi connectivity index (χ1n) is 9.72. The van der Waals surface area contributed by atoms with E-state index in [0.29, 0.717) is 35.9 Å². The second-order valence-corrected chi connectivity index (χ2v) is 9.26. The van der Waals surface area contributed by atoms with Crippen LogP contribution >= 0.6 is 11.6 Å². The molecule has 0 aliphatic carbocycles. The summed E-state index contributed by atoms with van der Waals surface area (Å²) in [7, 11) is -2.20. The standard InChI is InChI=1S/C21H25ClN2O5S/c1-3-29-19-9-4-16(22)14-20(19)30(26,27)24-12-10-15(11-13-24)21(25)23-17-5-7-18(28-2)8-6-17/h4-9,14-15H,3,10-13H2,1-2H3,(H,23,25). The molecule has 1 fully saturated rings. The van der Waals surface area contributed by atoms with E-state index >= 15 is 0 Å². The van der Waals surface area contributed by atoms with Gasteiger partial charge in [-0.1, -0.05) is 11.6 Å². The van der Waals surface area contributed by atoms with E-state index in [9.17, 15) is 13.2 Å². The molecule has 1 aliphatic rings. The lowest BCUT2D eigenvalue weighted by Crippen LogP contribution is -2.41. The number of piperidine rings is 1. The zero-order valence-corrected chi connectivity index (χ0v) is 18.5. The molecule has 0 atom stereocenters. The predicted molar refractivity (Wildman–Crippen MR) is 116 cm³/mol. The molecule has 2 aromatic rings. The summed E-state index contributed by atoms with van der Waals surface area (Å²) in [6, 6.07) is 11.6. The van der Waals surface area contributed by atoms with E-state index in [0.717, 1.165) is 0 Å². The van der Waals surface area contributed by atoms with E-state index in [1.54, 1.807) is 50.4 Å². The molecule has 0 spiro atoms. The second-order valence-electron chi connectivity index (χ2n) is 6.92. The number of sulfonamides is 1. The number of halogens is 1. The van der Waals surface area contributed by atoms with Crippen LogP contribution < -0.4 is 14.8 Å². The highest BCUT2D eigenvalue weighted by Gasteiger charge is 2.34. The summed E-state index contributed by atoms with van der Waals surface area (Å²) in [5.74, 6) is 0.611. The molecule has 1 amide bonds. The minimum Gasteiger partial charge on any atom is -0.497 e. The normalized spacial score (nSPS) is 15.6. The van der Waals surface area contributed by atoms with Crippen molar-refractivity contribution in [2.24, 2.45) is 5.92 Å². The smallest absolute Gasteiger partial charge is 0.246 e. The highest BCUT2D eigenvalue weighted by atomic mass is 35.5. The number of ether oxygens (including phenoxy) is 2. The van der Waals surface area contributed by atoms with Gasteiger partial charge in [-0.2, -0.15) is 4.31 Å². The van der Waals surface area contributed by atoms with Gasteiger partial charge in [0.15, 0.2) is 0 Å². The lowest BCUT2D eigenvalue weighted by Gasteiger charge is -2.31. The van der Waals surface area contributed by atoms with Gasteiger partial charge in [0, 0.05) is 29.7 Å². The van der Waals surface area contributed by atoms with E-state index in [1.165, 1.54) is 10.4 Å². The molecule has 0 radical (unpaired) electrons. The van der Waals surface area contributed by atoms with Gasteiger partial charge in [0.2, 0.25) is 15.9 Å². The fourth-order valence-corrected chi connectivity index (χ4v) is 5.24. The summed E-state index contributed by atoms with van der Waals surface area (Å²) in [6.45, 7) is 2.64. The predicted octanol–water partition coefficient (Wildman–Crippen LogP) is 3.79. The Labute approximate surface area is 182 Å². The molecule has 9 heteroatoms. The molecule has 0 saturated carbocycles. The number of rotatable bonds is 7. The van der Waals surface area contributed by atoms with Crippen LogP contribution in [0.5, 0.6) is 11.5 Å². The Kier molecular flexibility index (Phi) is 7.23. The molecule has 162 valence electrons. The SMILES string of the molecule is CCOc1ccc(Cl)cc1S(=O)(=O)N1CCC(C(=O)Nc2ccc(OC)cc2)CC1. The number of carbonyl (C=O) groups excluding carboxylic acids is 1. The molecular formula is C21H25ClN2O5S. The number of benzene rings is 2. The lowest BCUT2D eigenvalue weighted by atomic mass is 9.97. The fourth-order valence-electron chi connectivity index (χ4n) is 3.37. The molecule has 30 heavy (non-hydrogen) atoms. The summed E-state index contributed by atoms with van der Waals surface area (Å²) in [5.41, 5.74) is 0.677. The first-order valence-corrected chi connectivity index (χ1v) is 11.5. The van der Waals surface area contributed by atoms with Gasteiger partial charge in [-0.3, -0.25) is 4.79 Å². The summed E-state index contributed by atoms with van der Waals surface area (Å²) in [6.07, 6.45) is 0.873. The average molecular weight is 453 g/mol. The minimum absolute atomic E-state index is 0.0537. The Morgan fingerprint density at radius 2 is 1.83 bits per heavy atom. The van der Waals surface area contributed by atoms with Crippen molar-refractivity contribution in [3.05, 3.63) is 47.5 Å². The monoisotopic (exact) mass is 452 g/mol. The zero-order valence-electron chi connectivity index (χ0n) is 16.9. The maximum Gasteiger partial charge on any atom is 0.246 e. The third-order valence-corrected chi connectivity index (χ3v) is 7.16. The number of hydrogen-bond acceptors (Lipinski definition) is 5. The van der Waals surface area contributed by atoms with Crippen LogP contribution in [0.15, 0.2) is 47.4 Å². The molecule has 1 N–H and O–H groups in total. The van der Waals surface area contributed by atoms with Gasteiger partial charge >= 0.3 is 0 Å². The van der Waals surface area contributed by atoms with Crippen molar-refractivity contribution in [2.45, 2.75) is 24.7 Å². The Hall–Kier alpha value is -2.29. The fraction of sp³-hybridized carbons (Fsp3) is 0.381. The topological polar surface area (TPSA) is 84.9 Å². The maximum absolute atomic E-state index is 13.1.